The molecule has 0 aliphatic carbocycles. The Bertz CT molecular complexity index is 697. The van der Waals surface area contributed by atoms with E-state index in [0.29, 0.717) is 0 Å². The molecule has 0 unspecified atom stereocenters. The van der Waals surface area contributed by atoms with Crippen LogP contribution in [0.1, 0.15) is 26.3 Å². The van der Waals surface area contributed by atoms with Gasteiger partial charge in [-0.15, -0.1) is 0 Å². The molecular weight excluding hydrogens is 352 g/mol. The number of hydrogen-bond donors (Lipinski definition) is 0. The van der Waals surface area contributed by atoms with Gasteiger partial charge in [0.25, 0.3) is 0 Å². The monoisotopic (exact) mass is 386 g/mol. The van der Waals surface area contributed by atoms with Crippen LogP contribution in [0.4, 0.5) is 0 Å². The number of piperazine rings is 1. The van der Waals surface area contributed by atoms with Crippen molar-refractivity contribution in [2.24, 2.45) is 0 Å². The summed E-state index contributed by atoms with van der Waals surface area (Å²) in [6.45, 7) is 15.2. The van der Waals surface area contributed by atoms with Crippen LogP contribution in [-0.2, 0) is 4.79 Å². The zero-order valence-electron chi connectivity index (χ0n) is 17.7. The van der Waals surface area contributed by atoms with Gasteiger partial charge in [-0.25, -0.2) is 0 Å². The van der Waals surface area contributed by atoms with Crippen LogP contribution in [0.25, 0.3) is 6.08 Å². The lowest BCUT2D eigenvalue weighted by atomic mass is 10.2. The van der Waals surface area contributed by atoms with E-state index in [1.54, 1.807) is 12.2 Å². The fraction of sp³-hybridized carbons (Fsp3) is 0.500. The van der Waals surface area contributed by atoms with Gasteiger partial charge < -0.3 is 14.2 Å². The normalized spacial score (nSPS) is 17.0. The number of allylic oxidation sites excluding steroid dienone is 2. The molecule has 1 heterocycles. The maximum absolute atomic E-state index is 12.1. The summed E-state index contributed by atoms with van der Waals surface area (Å²) in [5.74, 6) is 0.883. The lowest BCUT2D eigenvalue weighted by Gasteiger charge is -2.36. The molecule has 0 radical (unpaired) electrons. The van der Waals surface area contributed by atoms with Crippen LogP contribution in [0.15, 0.2) is 42.6 Å². The van der Waals surface area contributed by atoms with E-state index in [2.05, 4.69) is 50.7 Å². The van der Waals surface area contributed by atoms with Crippen LogP contribution >= 0.6 is 0 Å². The van der Waals surface area contributed by atoms with Crippen molar-refractivity contribution >= 4 is 20.2 Å². The first-order valence-corrected chi connectivity index (χ1v) is 12.6. The van der Waals surface area contributed by atoms with Gasteiger partial charge in [0.05, 0.1) is 0 Å². The summed E-state index contributed by atoms with van der Waals surface area (Å²) in [4.78, 5) is 16.6. The smallest absolute Gasteiger partial charge is 0.250 e. The van der Waals surface area contributed by atoms with Gasteiger partial charge >= 0.3 is 0 Å². The summed E-state index contributed by atoms with van der Waals surface area (Å²) in [7, 11) is 0.261. The zero-order chi connectivity index (χ0) is 20.1. The van der Waals surface area contributed by atoms with Crippen LogP contribution in [0.3, 0.4) is 0 Å². The Morgan fingerprint density at radius 1 is 1.11 bits per heavy atom. The topological polar surface area (TPSA) is 32.8 Å². The predicted molar refractivity (Wildman–Crippen MR) is 117 cm³/mol. The van der Waals surface area contributed by atoms with Gasteiger partial charge in [-0.1, -0.05) is 39.0 Å². The summed E-state index contributed by atoms with van der Waals surface area (Å²) in [5.41, 5.74) is 0.979. The van der Waals surface area contributed by atoms with Crippen molar-refractivity contribution in [2.75, 3.05) is 33.2 Å². The molecule has 0 N–H and O–H groups in total. The van der Waals surface area contributed by atoms with Crippen molar-refractivity contribution in [2.45, 2.75) is 38.9 Å². The molecule has 0 spiro atoms. The predicted octanol–water partition coefficient (Wildman–Crippen LogP) is 4.41. The van der Waals surface area contributed by atoms with Crippen molar-refractivity contribution in [1.29, 1.82) is 0 Å². The van der Waals surface area contributed by atoms with E-state index in [1.165, 1.54) is 0 Å². The maximum Gasteiger partial charge on any atom is 0.250 e. The molecule has 27 heavy (non-hydrogen) atoms. The highest BCUT2D eigenvalue weighted by Gasteiger charge is 2.38. The Labute approximate surface area is 165 Å². The van der Waals surface area contributed by atoms with E-state index in [1.807, 2.05) is 36.5 Å². The highest BCUT2D eigenvalue weighted by Crippen LogP contribution is 2.37. The third-order valence-electron chi connectivity index (χ3n) is 5.46. The van der Waals surface area contributed by atoms with Gasteiger partial charge in [0.15, 0.2) is 5.78 Å². The first-order valence-electron chi connectivity index (χ1n) is 9.69. The van der Waals surface area contributed by atoms with Crippen LogP contribution in [0.2, 0.25) is 18.1 Å². The lowest BCUT2D eigenvalue weighted by Crippen LogP contribution is -2.43. The highest BCUT2D eigenvalue weighted by molar-refractivity contribution is 6.74. The maximum atomic E-state index is 12.1. The Kier molecular flexibility index (Phi) is 7.06. The number of likely N-dealkylation sites (N-methyl/N-ethyl adjacent to an activating group) is 1. The van der Waals surface area contributed by atoms with E-state index < -0.39 is 8.32 Å². The van der Waals surface area contributed by atoms with E-state index in [9.17, 15) is 4.79 Å². The number of rotatable bonds is 6. The Morgan fingerprint density at radius 2 is 1.78 bits per heavy atom. The van der Waals surface area contributed by atoms with Gasteiger partial charge in [-0.2, -0.15) is 0 Å². The lowest BCUT2D eigenvalue weighted by molar-refractivity contribution is -0.110. The second-order valence-corrected chi connectivity index (χ2v) is 13.6. The summed E-state index contributed by atoms with van der Waals surface area (Å²) in [5, 5.41) is 0.156. The number of carbonyl (C=O) groups is 1. The van der Waals surface area contributed by atoms with Gasteiger partial charge in [-0.05, 0) is 49.0 Å². The number of benzene rings is 1. The van der Waals surface area contributed by atoms with Gasteiger partial charge in [0, 0.05) is 38.5 Å². The molecule has 1 fully saturated rings. The van der Waals surface area contributed by atoms with Gasteiger partial charge in [0.2, 0.25) is 8.32 Å². The first-order chi connectivity index (χ1) is 12.6. The molecule has 1 aromatic carbocycles. The second-order valence-electron chi connectivity index (χ2n) is 8.83. The van der Waals surface area contributed by atoms with E-state index in [-0.39, 0.29) is 10.8 Å². The Hall–Kier alpha value is -1.85. The summed E-state index contributed by atoms with van der Waals surface area (Å²) >= 11 is 0. The number of carbonyl (C=O) groups excluding carboxylic acids is 1. The molecule has 4 nitrogen and oxygen atoms in total. The van der Waals surface area contributed by atoms with Crippen molar-refractivity contribution in [1.82, 2.24) is 9.80 Å². The van der Waals surface area contributed by atoms with E-state index >= 15 is 0 Å². The highest BCUT2D eigenvalue weighted by atomic mass is 28.4. The Balaban J connectivity index is 1.96. The average molecular weight is 387 g/mol. The molecular formula is C22H34N2O2Si. The fourth-order valence-electron chi connectivity index (χ4n) is 2.51. The second kappa shape index (κ2) is 8.89. The van der Waals surface area contributed by atoms with Crippen molar-refractivity contribution in [3.8, 4) is 5.75 Å². The minimum atomic E-state index is -1.86. The largest absolute Gasteiger partial charge is 0.543 e. The van der Waals surface area contributed by atoms with Crippen LogP contribution < -0.4 is 4.43 Å². The zero-order valence-corrected chi connectivity index (χ0v) is 18.7. The number of hydrogen-bond acceptors (Lipinski definition) is 4. The minimum absolute atomic E-state index is 0.00430. The molecule has 0 aromatic heterocycles. The van der Waals surface area contributed by atoms with Crippen LogP contribution in [0, 0.1) is 0 Å². The molecule has 1 saturated heterocycles. The number of nitrogens with zero attached hydrogens (tertiary/aromatic N) is 2. The average Bonchev–Trinajstić information content (AvgIpc) is 2.58. The number of ketones is 1. The fourth-order valence-corrected chi connectivity index (χ4v) is 3.54. The first kappa shape index (κ1) is 21.4. The minimum Gasteiger partial charge on any atom is -0.543 e. The molecule has 0 bridgehead atoms. The summed E-state index contributed by atoms with van der Waals surface area (Å²) in [6, 6.07) is 7.97. The summed E-state index contributed by atoms with van der Waals surface area (Å²) < 4.78 is 6.34. The molecule has 0 atom stereocenters. The third kappa shape index (κ3) is 6.67. The van der Waals surface area contributed by atoms with Crippen molar-refractivity contribution in [3.05, 3.63) is 48.2 Å². The molecule has 0 saturated carbocycles. The van der Waals surface area contributed by atoms with Crippen LogP contribution in [-0.4, -0.2) is 57.1 Å². The van der Waals surface area contributed by atoms with E-state index in [0.717, 1.165) is 37.5 Å². The molecule has 0 amide bonds. The molecule has 1 aliphatic rings. The molecule has 1 aliphatic heterocycles. The third-order valence-corrected chi connectivity index (χ3v) is 9.82. The summed E-state index contributed by atoms with van der Waals surface area (Å²) in [6.07, 6.45) is 7.04. The van der Waals surface area contributed by atoms with Crippen LogP contribution in [0.5, 0.6) is 5.75 Å². The molecule has 5 heteroatoms. The van der Waals surface area contributed by atoms with Gasteiger partial charge in [0.1, 0.15) is 5.75 Å². The molecule has 148 valence electrons. The van der Waals surface area contributed by atoms with Gasteiger partial charge in [-0.3, -0.25) is 4.79 Å². The Morgan fingerprint density at radius 3 is 2.41 bits per heavy atom. The molecule has 1 aromatic rings. The van der Waals surface area contributed by atoms with Crippen molar-refractivity contribution in [3.63, 3.8) is 0 Å². The molecule has 2 rings (SSSR count). The van der Waals surface area contributed by atoms with E-state index in [4.69, 9.17) is 4.43 Å². The van der Waals surface area contributed by atoms with Crippen molar-refractivity contribution < 1.29 is 9.22 Å². The standard InChI is InChI=1S/C22H34N2O2Si/c1-22(2,3)27(5,6)26-21-9-7-8-19(18-21)10-11-20(25)12-13-24-16-14-23(4)15-17-24/h7-13,18H,14-17H2,1-6H3/b11-10+,13-12+. The SMILES string of the molecule is CN1CCN(/C=C/C(=O)/C=C/c2cccc(O[Si](C)(C)C(C)(C)C)c2)CC1. The quantitative estimate of drug-likeness (QED) is 0.535.